The number of carbonyl (C=O) groups is 1. The number of hydrogen-bond acceptors (Lipinski definition) is 3. The van der Waals surface area contributed by atoms with Crippen molar-refractivity contribution in [1.82, 2.24) is 9.47 Å². The molecule has 0 fully saturated rings. The van der Waals surface area contributed by atoms with E-state index in [1.54, 1.807) is 0 Å². The van der Waals surface area contributed by atoms with E-state index in [-0.39, 0.29) is 18.4 Å². The van der Waals surface area contributed by atoms with Crippen LogP contribution >= 0.6 is 0 Å². The van der Waals surface area contributed by atoms with Crippen LogP contribution in [0.4, 0.5) is 0 Å². The summed E-state index contributed by atoms with van der Waals surface area (Å²) >= 11 is 0. The molecule has 1 heterocycles. The fourth-order valence-corrected chi connectivity index (χ4v) is 2.49. The summed E-state index contributed by atoms with van der Waals surface area (Å²) in [6.45, 7) is 12.1. The molecule has 0 amide bonds. The first kappa shape index (κ1) is 15.9. The van der Waals surface area contributed by atoms with Crippen LogP contribution in [0.1, 0.15) is 42.5 Å². The van der Waals surface area contributed by atoms with Crippen LogP contribution in [0.3, 0.4) is 0 Å². The highest BCUT2D eigenvalue weighted by Gasteiger charge is 2.19. The zero-order valence-electron chi connectivity index (χ0n) is 12.7. The second-order valence-electron chi connectivity index (χ2n) is 5.24. The fourth-order valence-electron chi connectivity index (χ4n) is 2.49. The molecule has 19 heavy (non-hydrogen) atoms. The SMILES string of the molecule is CCn1c(C)cc(C(=O)CN(CCO)C(C)C)c1C. The van der Waals surface area contributed by atoms with Gasteiger partial charge < -0.3 is 9.67 Å². The van der Waals surface area contributed by atoms with Crippen molar-refractivity contribution in [2.45, 2.75) is 47.2 Å². The molecule has 0 aliphatic rings. The van der Waals surface area contributed by atoms with E-state index in [1.165, 1.54) is 0 Å². The minimum atomic E-state index is 0.0828. The van der Waals surface area contributed by atoms with Crippen LogP contribution in [-0.2, 0) is 6.54 Å². The van der Waals surface area contributed by atoms with E-state index in [4.69, 9.17) is 5.11 Å². The summed E-state index contributed by atoms with van der Waals surface area (Å²) in [6, 6.07) is 2.23. The number of ketones is 1. The molecule has 1 N–H and O–H groups in total. The minimum absolute atomic E-state index is 0.0828. The lowest BCUT2D eigenvalue weighted by molar-refractivity contribution is 0.0880. The molecular formula is C15H26N2O2. The molecule has 0 aliphatic heterocycles. The molecule has 0 radical (unpaired) electrons. The molecule has 0 saturated heterocycles. The number of carbonyl (C=O) groups excluding carboxylic acids is 1. The summed E-state index contributed by atoms with van der Waals surface area (Å²) in [7, 11) is 0. The van der Waals surface area contributed by atoms with Gasteiger partial charge in [-0.2, -0.15) is 0 Å². The van der Waals surface area contributed by atoms with Gasteiger partial charge in [0.2, 0.25) is 0 Å². The second-order valence-corrected chi connectivity index (χ2v) is 5.24. The normalized spacial score (nSPS) is 11.6. The molecule has 0 aromatic carbocycles. The molecule has 0 atom stereocenters. The van der Waals surface area contributed by atoms with Gasteiger partial charge in [-0.1, -0.05) is 0 Å². The summed E-state index contributed by atoms with van der Waals surface area (Å²) in [4.78, 5) is 14.4. The Kier molecular flexibility index (Phi) is 5.76. The van der Waals surface area contributed by atoms with Crippen molar-refractivity contribution < 1.29 is 9.90 Å². The van der Waals surface area contributed by atoms with Crippen LogP contribution in [0.15, 0.2) is 6.07 Å². The van der Waals surface area contributed by atoms with Crippen molar-refractivity contribution in [2.24, 2.45) is 0 Å². The van der Waals surface area contributed by atoms with Gasteiger partial charge in [0.05, 0.1) is 13.2 Å². The molecule has 1 aromatic rings. The highest BCUT2D eigenvalue weighted by atomic mass is 16.3. The molecule has 4 heteroatoms. The third-order valence-electron chi connectivity index (χ3n) is 3.65. The summed E-state index contributed by atoms with van der Waals surface area (Å²) < 4.78 is 2.15. The first-order valence-electron chi connectivity index (χ1n) is 6.97. The van der Waals surface area contributed by atoms with Crippen molar-refractivity contribution >= 4 is 5.78 Å². The van der Waals surface area contributed by atoms with E-state index >= 15 is 0 Å². The zero-order valence-corrected chi connectivity index (χ0v) is 12.7. The minimum Gasteiger partial charge on any atom is -0.395 e. The highest BCUT2D eigenvalue weighted by Crippen LogP contribution is 2.16. The van der Waals surface area contributed by atoms with Gasteiger partial charge in [-0.25, -0.2) is 0 Å². The van der Waals surface area contributed by atoms with E-state index < -0.39 is 0 Å². The van der Waals surface area contributed by atoms with Gasteiger partial charge in [0, 0.05) is 36.1 Å². The van der Waals surface area contributed by atoms with E-state index in [0.29, 0.717) is 13.1 Å². The topological polar surface area (TPSA) is 45.5 Å². The number of hydrogen-bond donors (Lipinski definition) is 1. The number of Topliss-reactive ketones (excluding diaryl/α,β-unsaturated/α-hetero) is 1. The predicted molar refractivity (Wildman–Crippen MR) is 77.7 cm³/mol. The van der Waals surface area contributed by atoms with E-state index in [9.17, 15) is 4.79 Å². The lowest BCUT2D eigenvalue weighted by Crippen LogP contribution is -2.37. The van der Waals surface area contributed by atoms with Crippen molar-refractivity contribution in [1.29, 1.82) is 0 Å². The third kappa shape index (κ3) is 3.67. The van der Waals surface area contributed by atoms with Gasteiger partial charge in [-0.3, -0.25) is 9.69 Å². The summed E-state index contributed by atoms with van der Waals surface area (Å²) in [5.74, 6) is 0.134. The van der Waals surface area contributed by atoms with Crippen LogP contribution in [0.25, 0.3) is 0 Å². The molecule has 0 saturated carbocycles. The second kappa shape index (κ2) is 6.87. The van der Waals surface area contributed by atoms with Crippen LogP contribution in [0.2, 0.25) is 0 Å². The maximum Gasteiger partial charge on any atom is 0.178 e. The monoisotopic (exact) mass is 266 g/mol. The Labute approximate surface area is 116 Å². The quantitative estimate of drug-likeness (QED) is 0.768. The molecule has 0 spiro atoms. The predicted octanol–water partition coefficient (Wildman–Crippen LogP) is 2.01. The largest absolute Gasteiger partial charge is 0.395 e. The van der Waals surface area contributed by atoms with Gasteiger partial charge in [0.15, 0.2) is 5.78 Å². The van der Waals surface area contributed by atoms with Crippen LogP contribution < -0.4 is 0 Å². The Hall–Kier alpha value is -1.13. The summed E-state index contributed by atoms with van der Waals surface area (Å²) in [5, 5.41) is 9.05. The molecule has 1 aromatic heterocycles. The van der Waals surface area contributed by atoms with Gasteiger partial charge in [-0.05, 0) is 40.7 Å². The van der Waals surface area contributed by atoms with E-state index in [1.807, 2.05) is 38.7 Å². The van der Waals surface area contributed by atoms with Gasteiger partial charge in [0.25, 0.3) is 0 Å². The van der Waals surface area contributed by atoms with Crippen LogP contribution in [-0.4, -0.2) is 46.1 Å². The Morgan fingerprint density at radius 1 is 1.42 bits per heavy atom. The summed E-state index contributed by atoms with van der Waals surface area (Å²) in [6.07, 6.45) is 0. The summed E-state index contributed by atoms with van der Waals surface area (Å²) in [5.41, 5.74) is 2.97. The zero-order chi connectivity index (χ0) is 14.6. The number of aryl methyl sites for hydroxylation is 1. The molecule has 0 aliphatic carbocycles. The number of aliphatic hydroxyl groups is 1. The van der Waals surface area contributed by atoms with E-state index in [2.05, 4.69) is 11.5 Å². The first-order chi connectivity index (χ1) is 8.92. The number of aliphatic hydroxyl groups excluding tert-OH is 1. The average Bonchev–Trinajstić information content (AvgIpc) is 2.63. The lowest BCUT2D eigenvalue weighted by Gasteiger charge is -2.24. The van der Waals surface area contributed by atoms with Gasteiger partial charge in [0.1, 0.15) is 0 Å². The van der Waals surface area contributed by atoms with Crippen molar-refractivity contribution in [3.05, 3.63) is 23.0 Å². The highest BCUT2D eigenvalue weighted by molar-refractivity contribution is 5.99. The van der Waals surface area contributed by atoms with Crippen LogP contribution in [0.5, 0.6) is 0 Å². The third-order valence-corrected chi connectivity index (χ3v) is 3.65. The van der Waals surface area contributed by atoms with Crippen molar-refractivity contribution in [3.8, 4) is 0 Å². The Morgan fingerprint density at radius 3 is 2.47 bits per heavy atom. The lowest BCUT2D eigenvalue weighted by atomic mass is 10.1. The molecule has 4 nitrogen and oxygen atoms in total. The van der Waals surface area contributed by atoms with E-state index in [0.717, 1.165) is 23.5 Å². The Bertz CT molecular complexity index is 436. The molecule has 1 rings (SSSR count). The maximum atomic E-state index is 12.4. The Balaban J connectivity index is 2.88. The van der Waals surface area contributed by atoms with Crippen LogP contribution in [0, 0.1) is 13.8 Å². The number of nitrogens with zero attached hydrogens (tertiary/aromatic N) is 2. The number of aromatic nitrogens is 1. The smallest absolute Gasteiger partial charge is 0.178 e. The molecule has 0 unspecified atom stereocenters. The molecular weight excluding hydrogens is 240 g/mol. The standard InChI is InChI=1S/C15H26N2O2/c1-6-17-12(4)9-14(13(17)5)15(19)10-16(7-8-18)11(2)3/h9,11,18H,6-8,10H2,1-5H3. The molecule has 108 valence electrons. The molecule has 0 bridgehead atoms. The fraction of sp³-hybridized carbons (Fsp3) is 0.667. The average molecular weight is 266 g/mol. The first-order valence-corrected chi connectivity index (χ1v) is 6.97. The van der Waals surface area contributed by atoms with Gasteiger partial charge >= 0.3 is 0 Å². The van der Waals surface area contributed by atoms with Crippen molar-refractivity contribution in [3.63, 3.8) is 0 Å². The Morgan fingerprint density at radius 2 is 2.05 bits per heavy atom. The van der Waals surface area contributed by atoms with Gasteiger partial charge in [-0.15, -0.1) is 0 Å². The van der Waals surface area contributed by atoms with Crippen molar-refractivity contribution in [2.75, 3.05) is 19.7 Å². The number of rotatable bonds is 7. The maximum absolute atomic E-state index is 12.4.